The van der Waals surface area contributed by atoms with E-state index in [1.54, 1.807) is 11.4 Å². The summed E-state index contributed by atoms with van der Waals surface area (Å²) in [4.78, 5) is 12.4. The molecule has 0 spiro atoms. The van der Waals surface area contributed by atoms with E-state index in [1.807, 2.05) is 0 Å². The van der Waals surface area contributed by atoms with Crippen LogP contribution in [0.2, 0.25) is 0 Å². The summed E-state index contributed by atoms with van der Waals surface area (Å²) in [5, 5.41) is 4.20. The minimum absolute atomic E-state index is 0.129. The maximum atomic E-state index is 13.1. The third kappa shape index (κ3) is 4.15. The number of hydrogen-bond donors (Lipinski definition) is 2. The number of hydrogen-bond acceptors (Lipinski definition) is 6. The lowest BCUT2D eigenvalue weighted by molar-refractivity contribution is -0.286. The molecule has 2 aromatic carbocycles. The smallest absolute Gasteiger partial charge is 0.395 e. The van der Waals surface area contributed by atoms with E-state index in [4.69, 9.17) is 0 Å². The number of carbonyl (C=O) groups excluding carboxylic acids is 1. The number of fused-ring (bicyclic) bond motifs is 1. The number of thiophene rings is 1. The number of rotatable bonds is 5. The number of halogens is 2. The zero-order valence-corrected chi connectivity index (χ0v) is 16.0. The van der Waals surface area contributed by atoms with Crippen LogP contribution in [0.1, 0.15) is 10.4 Å². The molecule has 1 aliphatic rings. The molecule has 4 rings (SSSR count). The van der Waals surface area contributed by atoms with E-state index in [9.17, 15) is 22.0 Å². The molecule has 0 saturated heterocycles. The third-order valence-corrected chi connectivity index (χ3v) is 6.60. The average molecular weight is 438 g/mol. The van der Waals surface area contributed by atoms with Gasteiger partial charge in [0.1, 0.15) is 4.21 Å². The molecule has 3 aromatic rings. The molecule has 2 N–H and O–H groups in total. The Morgan fingerprint density at radius 1 is 0.966 bits per heavy atom. The molecule has 0 radical (unpaired) electrons. The van der Waals surface area contributed by atoms with Crippen molar-refractivity contribution in [3.8, 4) is 11.5 Å². The van der Waals surface area contributed by atoms with E-state index in [0.29, 0.717) is 5.69 Å². The van der Waals surface area contributed by atoms with Crippen LogP contribution in [0, 0.1) is 0 Å². The molecule has 1 aromatic heterocycles. The molecule has 0 bridgehead atoms. The van der Waals surface area contributed by atoms with Crippen LogP contribution in [-0.2, 0) is 10.0 Å². The second-order valence-corrected chi connectivity index (χ2v) is 8.76. The Labute approximate surface area is 167 Å². The molecule has 0 unspecified atom stereocenters. The molecule has 7 nitrogen and oxygen atoms in total. The van der Waals surface area contributed by atoms with Crippen molar-refractivity contribution in [1.29, 1.82) is 0 Å². The fourth-order valence-electron chi connectivity index (χ4n) is 2.54. The summed E-state index contributed by atoms with van der Waals surface area (Å²) < 4.78 is 61.8. The summed E-state index contributed by atoms with van der Waals surface area (Å²) in [6.07, 6.45) is -3.74. The van der Waals surface area contributed by atoms with Gasteiger partial charge in [0.25, 0.3) is 15.9 Å². The first-order chi connectivity index (χ1) is 13.7. The molecular weight excluding hydrogens is 426 g/mol. The Bertz CT molecular complexity index is 1160. The Balaban J connectivity index is 1.44. The highest BCUT2D eigenvalue weighted by Crippen LogP contribution is 2.42. The van der Waals surface area contributed by atoms with Crippen molar-refractivity contribution in [3.63, 3.8) is 0 Å². The van der Waals surface area contributed by atoms with Crippen molar-refractivity contribution in [2.45, 2.75) is 10.5 Å². The summed E-state index contributed by atoms with van der Waals surface area (Å²) in [6, 6.07) is 12.7. The van der Waals surface area contributed by atoms with E-state index in [1.165, 1.54) is 48.5 Å². The van der Waals surface area contributed by atoms with Crippen LogP contribution in [0.3, 0.4) is 0 Å². The number of alkyl halides is 2. The zero-order valence-electron chi connectivity index (χ0n) is 14.4. The molecule has 0 aliphatic carbocycles. The molecule has 1 amide bonds. The summed E-state index contributed by atoms with van der Waals surface area (Å²) in [5.41, 5.74) is 0.768. The Morgan fingerprint density at radius 3 is 2.34 bits per heavy atom. The van der Waals surface area contributed by atoms with Gasteiger partial charge in [0.15, 0.2) is 11.5 Å². The van der Waals surface area contributed by atoms with E-state index in [-0.39, 0.29) is 27.0 Å². The highest BCUT2D eigenvalue weighted by molar-refractivity contribution is 7.94. The molecule has 29 heavy (non-hydrogen) atoms. The van der Waals surface area contributed by atoms with Crippen LogP contribution in [-0.4, -0.2) is 20.6 Å². The second-order valence-electron chi connectivity index (χ2n) is 5.90. The average Bonchev–Trinajstić information content (AvgIpc) is 3.28. The van der Waals surface area contributed by atoms with E-state index < -0.39 is 22.2 Å². The van der Waals surface area contributed by atoms with Crippen molar-refractivity contribution in [3.05, 3.63) is 65.5 Å². The van der Waals surface area contributed by atoms with Gasteiger partial charge in [-0.3, -0.25) is 9.52 Å². The Hall–Kier alpha value is -3.18. The number of amides is 1. The molecule has 2 heterocycles. The maximum absolute atomic E-state index is 13.1. The Morgan fingerprint density at radius 2 is 1.66 bits per heavy atom. The topological polar surface area (TPSA) is 93.7 Å². The molecule has 150 valence electrons. The summed E-state index contributed by atoms with van der Waals surface area (Å²) >= 11 is 1.09. The fraction of sp³-hybridized carbons (Fsp3) is 0.0556. The van der Waals surface area contributed by atoms with Gasteiger partial charge in [-0.2, -0.15) is 0 Å². The van der Waals surface area contributed by atoms with Crippen molar-refractivity contribution < 1.29 is 31.5 Å². The predicted octanol–water partition coefficient (Wildman–Crippen LogP) is 4.12. The number of benzene rings is 2. The quantitative estimate of drug-likeness (QED) is 0.625. The Kier molecular flexibility index (Phi) is 4.63. The predicted molar refractivity (Wildman–Crippen MR) is 102 cm³/mol. The van der Waals surface area contributed by atoms with Crippen LogP contribution in [0.4, 0.5) is 20.2 Å². The van der Waals surface area contributed by atoms with Gasteiger partial charge < -0.3 is 14.8 Å². The number of nitrogens with one attached hydrogen (secondary N) is 2. The molecule has 0 saturated carbocycles. The lowest BCUT2D eigenvalue weighted by Gasteiger charge is -2.08. The number of anilines is 2. The van der Waals surface area contributed by atoms with Gasteiger partial charge in [-0.05, 0) is 47.8 Å². The van der Waals surface area contributed by atoms with E-state index >= 15 is 0 Å². The van der Waals surface area contributed by atoms with Crippen LogP contribution in [0.5, 0.6) is 11.5 Å². The van der Waals surface area contributed by atoms with Crippen molar-refractivity contribution in [2.75, 3.05) is 10.0 Å². The van der Waals surface area contributed by atoms with Gasteiger partial charge in [0, 0.05) is 23.0 Å². The van der Waals surface area contributed by atoms with Crippen LogP contribution in [0.15, 0.2) is 64.2 Å². The van der Waals surface area contributed by atoms with Crippen molar-refractivity contribution in [1.82, 2.24) is 0 Å². The monoisotopic (exact) mass is 438 g/mol. The minimum Gasteiger partial charge on any atom is -0.395 e. The standard InChI is InChI=1S/C18H12F2N2O5S2/c19-18(20)26-14-8-7-13(10-15(14)27-18)21-17(23)11-3-5-12(6-4-11)22-29(24,25)16-2-1-9-28-16/h1-10,22H,(H,21,23). The van der Waals surface area contributed by atoms with Gasteiger partial charge in [-0.15, -0.1) is 20.1 Å². The lowest BCUT2D eigenvalue weighted by atomic mass is 10.2. The van der Waals surface area contributed by atoms with Crippen LogP contribution < -0.4 is 19.5 Å². The van der Waals surface area contributed by atoms with Gasteiger partial charge in [0.05, 0.1) is 0 Å². The highest BCUT2D eigenvalue weighted by atomic mass is 32.2. The SMILES string of the molecule is O=C(Nc1ccc2c(c1)OC(F)(F)O2)c1ccc(NS(=O)(=O)c2cccs2)cc1. The number of ether oxygens (including phenoxy) is 2. The minimum atomic E-state index is -3.74. The third-order valence-electron chi connectivity index (χ3n) is 3.82. The summed E-state index contributed by atoms with van der Waals surface area (Å²) in [5.74, 6) is -0.829. The summed E-state index contributed by atoms with van der Waals surface area (Å²) in [7, 11) is -3.69. The first-order valence-corrected chi connectivity index (χ1v) is 10.5. The molecule has 0 fully saturated rings. The molecule has 1 aliphatic heterocycles. The zero-order chi connectivity index (χ0) is 20.6. The van der Waals surface area contributed by atoms with E-state index in [2.05, 4.69) is 19.5 Å². The fourth-order valence-corrected chi connectivity index (χ4v) is 4.59. The number of carbonyl (C=O) groups is 1. The first kappa shape index (κ1) is 19.2. The van der Waals surface area contributed by atoms with Crippen LogP contribution >= 0.6 is 11.3 Å². The normalized spacial score (nSPS) is 14.4. The largest absolute Gasteiger partial charge is 0.586 e. The molecule has 0 atom stereocenters. The highest BCUT2D eigenvalue weighted by Gasteiger charge is 2.43. The molecular formula is C18H12F2N2O5S2. The second kappa shape index (κ2) is 7.01. The lowest BCUT2D eigenvalue weighted by Crippen LogP contribution is -2.25. The van der Waals surface area contributed by atoms with Gasteiger partial charge in [0.2, 0.25) is 0 Å². The van der Waals surface area contributed by atoms with Gasteiger partial charge in [-0.1, -0.05) is 6.07 Å². The van der Waals surface area contributed by atoms with Crippen molar-refractivity contribution in [2.24, 2.45) is 0 Å². The maximum Gasteiger partial charge on any atom is 0.586 e. The first-order valence-electron chi connectivity index (χ1n) is 8.09. The van der Waals surface area contributed by atoms with E-state index in [0.717, 1.165) is 11.3 Å². The van der Waals surface area contributed by atoms with Gasteiger partial charge >= 0.3 is 6.29 Å². The van der Waals surface area contributed by atoms with Crippen LogP contribution in [0.25, 0.3) is 0 Å². The molecule has 11 heteroatoms. The summed E-state index contributed by atoms with van der Waals surface area (Å²) in [6.45, 7) is 0. The van der Waals surface area contributed by atoms with Crippen molar-refractivity contribution >= 4 is 38.6 Å². The number of sulfonamides is 1. The van der Waals surface area contributed by atoms with Gasteiger partial charge in [-0.25, -0.2) is 8.42 Å².